The summed E-state index contributed by atoms with van der Waals surface area (Å²) in [7, 11) is 0. The van der Waals surface area contributed by atoms with Gasteiger partial charge in [0.1, 0.15) is 0 Å². The lowest BCUT2D eigenvalue weighted by atomic mass is 9.80. The summed E-state index contributed by atoms with van der Waals surface area (Å²) >= 11 is 0. The molecule has 4 heteroatoms. The molecule has 1 N–H and O–H groups in total. The van der Waals surface area contributed by atoms with Gasteiger partial charge >= 0.3 is 5.97 Å². The van der Waals surface area contributed by atoms with E-state index in [2.05, 4.69) is 0 Å². The van der Waals surface area contributed by atoms with Gasteiger partial charge in [-0.1, -0.05) is 25.3 Å². The van der Waals surface area contributed by atoms with Gasteiger partial charge in [0.05, 0.1) is 0 Å². The lowest BCUT2D eigenvalue weighted by Crippen LogP contribution is -2.10. The fraction of sp³-hybridized carbons (Fsp3) is 0.438. The van der Waals surface area contributed by atoms with Crippen LogP contribution in [-0.2, 0) is 4.79 Å². The van der Waals surface area contributed by atoms with Gasteiger partial charge in [0.15, 0.2) is 11.5 Å². The number of fused-ring (bicyclic) bond motifs is 1. The Hall–Kier alpha value is -1.97. The zero-order chi connectivity index (χ0) is 13.9. The Morgan fingerprint density at radius 3 is 2.65 bits per heavy atom. The fourth-order valence-electron chi connectivity index (χ4n) is 3.06. The fourth-order valence-corrected chi connectivity index (χ4v) is 3.06. The average Bonchev–Trinajstić information content (AvgIpc) is 2.93. The van der Waals surface area contributed by atoms with Crippen LogP contribution in [0.2, 0.25) is 0 Å². The van der Waals surface area contributed by atoms with E-state index in [0.717, 1.165) is 29.7 Å². The van der Waals surface area contributed by atoms with Crippen molar-refractivity contribution in [1.82, 2.24) is 0 Å². The predicted molar refractivity (Wildman–Crippen MR) is 74.8 cm³/mol. The van der Waals surface area contributed by atoms with Gasteiger partial charge in [-0.25, -0.2) is 4.79 Å². The molecular weight excluding hydrogens is 256 g/mol. The number of aliphatic carboxylic acids is 1. The zero-order valence-corrected chi connectivity index (χ0v) is 11.3. The number of carboxylic acids is 1. The molecule has 1 aromatic rings. The number of carboxylic acid groups (broad SMARTS) is 1. The topological polar surface area (TPSA) is 55.8 Å². The molecule has 1 saturated carbocycles. The van der Waals surface area contributed by atoms with Gasteiger partial charge in [-0.15, -0.1) is 0 Å². The van der Waals surface area contributed by atoms with Gasteiger partial charge in [0.25, 0.3) is 0 Å². The molecule has 3 rings (SSSR count). The number of carbonyl (C=O) groups is 1. The van der Waals surface area contributed by atoms with Crippen molar-refractivity contribution in [3.05, 3.63) is 29.8 Å². The summed E-state index contributed by atoms with van der Waals surface area (Å²) in [6.45, 7) is 0.236. The summed E-state index contributed by atoms with van der Waals surface area (Å²) in [5.41, 5.74) is 1.85. The molecule has 0 spiro atoms. The van der Waals surface area contributed by atoms with Gasteiger partial charge in [0.2, 0.25) is 6.79 Å². The molecule has 0 amide bonds. The lowest BCUT2D eigenvalue weighted by Gasteiger charge is -2.24. The average molecular weight is 274 g/mol. The molecule has 1 aromatic carbocycles. The lowest BCUT2D eigenvalue weighted by molar-refractivity contribution is -0.131. The molecule has 20 heavy (non-hydrogen) atoms. The molecule has 0 saturated heterocycles. The number of hydrogen-bond donors (Lipinski definition) is 1. The van der Waals surface area contributed by atoms with E-state index in [1.165, 1.54) is 25.3 Å². The van der Waals surface area contributed by atoms with Gasteiger partial charge in [-0.05, 0) is 42.0 Å². The van der Waals surface area contributed by atoms with Gasteiger partial charge in [0, 0.05) is 6.08 Å². The molecule has 0 radical (unpaired) electrons. The largest absolute Gasteiger partial charge is 0.478 e. The van der Waals surface area contributed by atoms with E-state index in [9.17, 15) is 4.79 Å². The summed E-state index contributed by atoms with van der Waals surface area (Å²) in [5, 5.41) is 9.14. The first-order valence-corrected chi connectivity index (χ1v) is 7.08. The molecule has 0 aromatic heterocycles. The maximum atomic E-state index is 11.1. The highest BCUT2D eigenvalue weighted by Gasteiger charge is 2.22. The van der Waals surface area contributed by atoms with Crippen molar-refractivity contribution in [2.24, 2.45) is 5.92 Å². The first-order valence-electron chi connectivity index (χ1n) is 7.08. The molecule has 1 aliphatic carbocycles. The van der Waals surface area contributed by atoms with Crippen LogP contribution in [0.5, 0.6) is 11.5 Å². The Kier molecular flexibility index (Phi) is 3.63. The molecular formula is C16H18O4. The smallest absolute Gasteiger partial charge is 0.328 e. The first-order chi connectivity index (χ1) is 9.74. The van der Waals surface area contributed by atoms with Crippen LogP contribution >= 0.6 is 0 Å². The van der Waals surface area contributed by atoms with Crippen molar-refractivity contribution in [2.45, 2.75) is 32.1 Å². The van der Waals surface area contributed by atoms with E-state index in [-0.39, 0.29) is 6.79 Å². The maximum absolute atomic E-state index is 11.1. The molecule has 1 fully saturated rings. The number of rotatable bonds is 3. The van der Waals surface area contributed by atoms with Crippen molar-refractivity contribution >= 4 is 11.5 Å². The van der Waals surface area contributed by atoms with Gasteiger partial charge in [-0.3, -0.25) is 0 Å². The number of allylic oxidation sites excluding steroid dienone is 1. The highest BCUT2D eigenvalue weighted by Crippen LogP contribution is 2.39. The van der Waals surface area contributed by atoms with Crippen LogP contribution in [0.25, 0.3) is 5.57 Å². The predicted octanol–water partition coefficient (Wildman–Crippen LogP) is 3.46. The van der Waals surface area contributed by atoms with E-state index < -0.39 is 5.97 Å². The monoisotopic (exact) mass is 274 g/mol. The molecule has 0 unspecified atom stereocenters. The molecule has 1 heterocycles. The number of hydrogen-bond acceptors (Lipinski definition) is 3. The Morgan fingerprint density at radius 2 is 1.90 bits per heavy atom. The SMILES string of the molecule is O=C(O)/C=C(/c1ccc2c(c1)OCO2)C1CCCCC1. The van der Waals surface area contributed by atoms with Gasteiger partial charge < -0.3 is 14.6 Å². The summed E-state index contributed by atoms with van der Waals surface area (Å²) < 4.78 is 10.7. The third-order valence-electron chi connectivity index (χ3n) is 4.03. The minimum atomic E-state index is -0.886. The minimum absolute atomic E-state index is 0.236. The highest BCUT2D eigenvalue weighted by molar-refractivity contribution is 5.90. The quantitative estimate of drug-likeness (QED) is 0.857. The Balaban J connectivity index is 1.94. The third-order valence-corrected chi connectivity index (χ3v) is 4.03. The summed E-state index contributed by atoms with van der Waals surface area (Å²) in [5.74, 6) is 0.880. The van der Waals surface area contributed by atoms with Crippen LogP contribution in [0.4, 0.5) is 0 Å². The first kappa shape index (κ1) is 13.0. The van der Waals surface area contributed by atoms with E-state index >= 15 is 0 Å². The molecule has 0 bridgehead atoms. The zero-order valence-electron chi connectivity index (χ0n) is 11.3. The molecule has 2 aliphatic rings. The molecule has 1 aliphatic heterocycles. The second-order valence-electron chi connectivity index (χ2n) is 5.34. The van der Waals surface area contributed by atoms with Crippen molar-refractivity contribution < 1.29 is 19.4 Å². The number of ether oxygens (including phenoxy) is 2. The van der Waals surface area contributed by atoms with Gasteiger partial charge in [-0.2, -0.15) is 0 Å². The van der Waals surface area contributed by atoms with Crippen LogP contribution in [-0.4, -0.2) is 17.9 Å². The van der Waals surface area contributed by atoms with Crippen LogP contribution < -0.4 is 9.47 Å². The minimum Gasteiger partial charge on any atom is -0.478 e. The second kappa shape index (κ2) is 5.57. The summed E-state index contributed by atoms with van der Waals surface area (Å²) in [6.07, 6.45) is 7.07. The molecule has 106 valence electrons. The summed E-state index contributed by atoms with van der Waals surface area (Å²) in [6, 6.07) is 5.68. The number of benzene rings is 1. The van der Waals surface area contributed by atoms with E-state index in [1.54, 1.807) is 0 Å². The van der Waals surface area contributed by atoms with Crippen molar-refractivity contribution in [1.29, 1.82) is 0 Å². The molecule has 0 atom stereocenters. The van der Waals surface area contributed by atoms with Crippen LogP contribution in [0.1, 0.15) is 37.7 Å². The van der Waals surface area contributed by atoms with Crippen LogP contribution in [0.15, 0.2) is 24.3 Å². The highest BCUT2D eigenvalue weighted by atomic mass is 16.7. The molecule has 4 nitrogen and oxygen atoms in total. The van der Waals surface area contributed by atoms with Crippen LogP contribution in [0, 0.1) is 5.92 Å². The van der Waals surface area contributed by atoms with Crippen molar-refractivity contribution in [3.8, 4) is 11.5 Å². The Morgan fingerprint density at radius 1 is 1.15 bits per heavy atom. The second-order valence-corrected chi connectivity index (χ2v) is 5.34. The summed E-state index contributed by atoms with van der Waals surface area (Å²) in [4.78, 5) is 11.1. The normalized spacial score (nSPS) is 19.1. The standard InChI is InChI=1S/C16H18O4/c17-16(18)9-13(11-4-2-1-3-5-11)12-6-7-14-15(8-12)20-10-19-14/h6-9,11H,1-5,10H2,(H,17,18)/b13-9+. The van der Waals surface area contributed by atoms with E-state index in [4.69, 9.17) is 14.6 Å². The van der Waals surface area contributed by atoms with Crippen molar-refractivity contribution in [2.75, 3.05) is 6.79 Å². The Bertz CT molecular complexity index is 541. The maximum Gasteiger partial charge on any atom is 0.328 e. The van der Waals surface area contributed by atoms with Crippen LogP contribution in [0.3, 0.4) is 0 Å². The third kappa shape index (κ3) is 2.64. The van der Waals surface area contributed by atoms with E-state index in [0.29, 0.717) is 11.7 Å². The van der Waals surface area contributed by atoms with Crippen molar-refractivity contribution in [3.63, 3.8) is 0 Å². The van der Waals surface area contributed by atoms with E-state index in [1.807, 2.05) is 18.2 Å². The Labute approximate surface area is 118 Å².